The summed E-state index contributed by atoms with van der Waals surface area (Å²) in [5.74, 6) is 1.12. The number of rotatable bonds is 6. The van der Waals surface area contributed by atoms with Gasteiger partial charge in [0.1, 0.15) is 0 Å². The quantitative estimate of drug-likeness (QED) is 0.311. The molecule has 6 heteroatoms. The molecule has 3 rings (SSSR count). The second-order valence-corrected chi connectivity index (χ2v) is 6.06. The van der Waals surface area contributed by atoms with Crippen molar-refractivity contribution in [1.82, 2.24) is 10.2 Å². The van der Waals surface area contributed by atoms with Crippen molar-refractivity contribution in [2.75, 3.05) is 45.9 Å². The third-order valence-corrected chi connectivity index (χ3v) is 4.50. The van der Waals surface area contributed by atoms with Gasteiger partial charge in [-0.2, -0.15) is 0 Å². The summed E-state index contributed by atoms with van der Waals surface area (Å²) in [6.45, 7) is 6.59. The Morgan fingerprint density at radius 1 is 1.30 bits per heavy atom. The Labute approximate surface area is 155 Å². The zero-order valence-corrected chi connectivity index (χ0v) is 15.9. The van der Waals surface area contributed by atoms with Gasteiger partial charge >= 0.3 is 0 Å². The summed E-state index contributed by atoms with van der Waals surface area (Å²) in [5.41, 5.74) is 8.84. The van der Waals surface area contributed by atoms with Gasteiger partial charge in [0, 0.05) is 32.1 Å². The van der Waals surface area contributed by atoms with Crippen molar-refractivity contribution in [2.24, 2.45) is 10.7 Å². The van der Waals surface area contributed by atoms with Gasteiger partial charge in [-0.05, 0) is 30.5 Å². The first kappa shape index (κ1) is 18.5. The SMILES string of the molecule is I.NC(=NCC1Cc2ccccc21)NCCCN1CCOCC1. The van der Waals surface area contributed by atoms with Crippen LogP contribution in [0.3, 0.4) is 0 Å². The van der Waals surface area contributed by atoms with Crippen molar-refractivity contribution in [3.8, 4) is 0 Å². The number of hydrogen-bond donors (Lipinski definition) is 2. The first-order valence-corrected chi connectivity index (χ1v) is 8.24. The topological polar surface area (TPSA) is 62.9 Å². The number of ether oxygens (including phenoxy) is 1. The third kappa shape index (κ3) is 5.32. The maximum atomic E-state index is 5.95. The molecule has 3 N–H and O–H groups in total. The van der Waals surface area contributed by atoms with Crippen LogP contribution in [-0.2, 0) is 11.2 Å². The Kier molecular flexibility index (Phi) is 7.58. The molecule has 5 nitrogen and oxygen atoms in total. The van der Waals surface area contributed by atoms with Crippen LogP contribution in [0.1, 0.15) is 23.5 Å². The van der Waals surface area contributed by atoms with Gasteiger partial charge in [0.2, 0.25) is 0 Å². The summed E-state index contributed by atoms with van der Waals surface area (Å²) in [4.78, 5) is 6.91. The summed E-state index contributed by atoms with van der Waals surface area (Å²) >= 11 is 0. The molecule has 23 heavy (non-hydrogen) atoms. The highest BCUT2D eigenvalue weighted by molar-refractivity contribution is 14.0. The predicted octanol–water partition coefficient (Wildman–Crippen LogP) is 1.57. The summed E-state index contributed by atoms with van der Waals surface area (Å²) in [7, 11) is 0. The summed E-state index contributed by atoms with van der Waals surface area (Å²) in [6, 6.07) is 8.60. The Balaban J connectivity index is 0.00000192. The molecule has 0 spiro atoms. The van der Waals surface area contributed by atoms with Crippen molar-refractivity contribution >= 4 is 29.9 Å². The van der Waals surface area contributed by atoms with Crippen molar-refractivity contribution in [2.45, 2.75) is 18.8 Å². The molecule has 1 aliphatic carbocycles. The van der Waals surface area contributed by atoms with Crippen LogP contribution in [0.4, 0.5) is 0 Å². The van der Waals surface area contributed by atoms with Crippen LogP contribution >= 0.6 is 24.0 Å². The lowest BCUT2D eigenvalue weighted by atomic mass is 9.78. The molecule has 1 heterocycles. The second kappa shape index (κ2) is 9.44. The lowest BCUT2D eigenvalue weighted by Gasteiger charge is -2.28. The smallest absolute Gasteiger partial charge is 0.188 e. The fourth-order valence-corrected chi connectivity index (χ4v) is 3.13. The maximum Gasteiger partial charge on any atom is 0.188 e. The van der Waals surface area contributed by atoms with E-state index >= 15 is 0 Å². The second-order valence-electron chi connectivity index (χ2n) is 6.06. The number of hydrogen-bond acceptors (Lipinski definition) is 3. The van der Waals surface area contributed by atoms with Crippen LogP contribution in [0.2, 0.25) is 0 Å². The molecule has 0 radical (unpaired) electrons. The number of fused-ring (bicyclic) bond motifs is 1. The van der Waals surface area contributed by atoms with E-state index in [2.05, 4.69) is 39.5 Å². The van der Waals surface area contributed by atoms with Gasteiger partial charge in [-0.25, -0.2) is 0 Å². The number of aliphatic imine (C=N–C) groups is 1. The Morgan fingerprint density at radius 2 is 2.09 bits per heavy atom. The highest BCUT2D eigenvalue weighted by atomic mass is 127. The lowest BCUT2D eigenvalue weighted by Crippen LogP contribution is -2.39. The minimum absolute atomic E-state index is 0. The van der Waals surface area contributed by atoms with E-state index in [-0.39, 0.29) is 24.0 Å². The van der Waals surface area contributed by atoms with Gasteiger partial charge in [-0.3, -0.25) is 9.89 Å². The van der Waals surface area contributed by atoms with Crippen LogP contribution in [0, 0.1) is 0 Å². The zero-order valence-electron chi connectivity index (χ0n) is 13.5. The maximum absolute atomic E-state index is 5.95. The van der Waals surface area contributed by atoms with E-state index in [0.29, 0.717) is 11.9 Å². The molecule has 1 aliphatic heterocycles. The highest BCUT2D eigenvalue weighted by Crippen LogP contribution is 2.34. The number of halogens is 1. The molecule has 128 valence electrons. The van der Waals surface area contributed by atoms with Gasteiger partial charge in [-0.15, -0.1) is 24.0 Å². The van der Waals surface area contributed by atoms with Crippen molar-refractivity contribution in [3.05, 3.63) is 35.4 Å². The first-order chi connectivity index (χ1) is 10.8. The number of nitrogens with zero attached hydrogens (tertiary/aromatic N) is 2. The molecule has 0 bridgehead atoms. The molecular formula is C17H27IN4O. The fraction of sp³-hybridized carbons (Fsp3) is 0.588. The van der Waals surface area contributed by atoms with Crippen LogP contribution in [0.15, 0.2) is 29.3 Å². The number of morpholine rings is 1. The molecule has 0 saturated carbocycles. The number of guanidine groups is 1. The lowest BCUT2D eigenvalue weighted by molar-refractivity contribution is 0.0376. The summed E-state index contributed by atoms with van der Waals surface area (Å²) in [6.07, 6.45) is 2.21. The number of nitrogens with two attached hydrogens (primary N) is 1. The van der Waals surface area contributed by atoms with Gasteiger partial charge in [0.05, 0.1) is 13.2 Å². The van der Waals surface area contributed by atoms with E-state index in [1.54, 1.807) is 0 Å². The van der Waals surface area contributed by atoms with Crippen LogP contribution < -0.4 is 11.1 Å². The molecule has 1 atom stereocenters. The van der Waals surface area contributed by atoms with Crippen LogP contribution in [-0.4, -0.2) is 56.8 Å². The predicted molar refractivity (Wildman–Crippen MR) is 105 cm³/mol. The molecule has 1 aromatic carbocycles. The average molecular weight is 430 g/mol. The monoisotopic (exact) mass is 430 g/mol. The third-order valence-electron chi connectivity index (χ3n) is 4.50. The van der Waals surface area contributed by atoms with E-state index < -0.39 is 0 Å². The molecule has 1 saturated heterocycles. The molecule has 1 unspecified atom stereocenters. The van der Waals surface area contributed by atoms with E-state index in [0.717, 1.165) is 58.8 Å². The van der Waals surface area contributed by atoms with Gasteiger partial charge in [0.15, 0.2) is 5.96 Å². The first-order valence-electron chi connectivity index (χ1n) is 8.24. The number of benzene rings is 1. The highest BCUT2D eigenvalue weighted by Gasteiger charge is 2.24. The summed E-state index contributed by atoms with van der Waals surface area (Å²) < 4.78 is 5.34. The minimum Gasteiger partial charge on any atom is -0.379 e. The Morgan fingerprint density at radius 3 is 2.87 bits per heavy atom. The summed E-state index contributed by atoms with van der Waals surface area (Å²) in [5, 5.41) is 3.22. The molecule has 0 aromatic heterocycles. The van der Waals surface area contributed by atoms with E-state index in [9.17, 15) is 0 Å². The molecule has 1 fully saturated rings. The van der Waals surface area contributed by atoms with Gasteiger partial charge in [-0.1, -0.05) is 24.3 Å². The largest absolute Gasteiger partial charge is 0.379 e. The molecule has 2 aliphatic rings. The minimum atomic E-state index is 0. The van der Waals surface area contributed by atoms with Crippen LogP contribution in [0.5, 0.6) is 0 Å². The van der Waals surface area contributed by atoms with Crippen LogP contribution in [0.25, 0.3) is 0 Å². The molecule has 1 aromatic rings. The van der Waals surface area contributed by atoms with E-state index in [1.165, 1.54) is 11.1 Å². The number of nitrogens with one attached hydrogen (secondary N) is 1. The fourth-order valence-electron chi connectivity index (χ4n) is 3.13. The molecule has 0 amide bonds. The Bertz CT molecular complexity index is 517. The van der Waals surface area contributed by atoms with E-state index in [4.69, 9.17) is 10.5 Å². The van der Waals surface area contributed by atoms with Crippen molar-refractivity contribution in [1.29, 1.82) is 0 Å². The zero-order chi connectivity index (χ0) is 15.2. The van der Waals surface area contributed by atoms with Gasteiger partial charge in [0.25, 0.3) is 0 Å². The Hall–Kier alpha value is -0.860. The van der Waals surface area contributed by atoms with Crippen molar-refractivity contribution in [3.63, 3.8) is 0 Å². The average Bonchev–Trinajstić information content (AvgIpc) is 2.53. The molecular weight excluding hydrogens is 403 g/mol. The standard InChI is InChI=1S/C17H26N4O.HI/c18-17(19-6-3-7-21-8-10-22-11-9-21)20-13-15-12-14-4-1-2-5-16(14)15;/h1-2,4-5,15H,3,6-13H2,(H3,18,19,20);1H. The normalized spacial score (nSPS) is 21.0. The van der Waals surface area contributed by atoms with E-state index in [1.807, 2.05) is 0 Å². The van der Waals surface area contributed by atoms with Gasteiger partial charge < -0.3 is 15.8 Å². The van der Waals surface area contributed by atoms with Crippen molar-refractivity contribution < 1.29 is 4.74 Å².